The van der Waals surface area contributed by atoms with Crippen LogP contribution in [0.15, 0.2) is 60.4 Å². The van der Waals surface area contributed by atoms with Crippen LogP contribution in [0.3, 0.4) is 0 Å². The summed E-state index contributed by atoms with van der Waals surface area (Å²) in [6.07, 6.45) is 2.04. The third-order valence-electron chi connectivity index (χ3n) is 3.96. The Bertz CT molecular complexity index is 714. The molecule has 2 aromatic rings. The normalized spacial score (nSPS) is 11.3. The summed E-state index contributed by atoms with van der Waals surface area (Å²) in [5.41, 5.74) is 9.16. The van der Waals surface area contributed by atoms with E-state index in [1.165, 1.54) is 27.9 Å². The second-order valence-corrected chi connectivity index (χ2v) is 6.14. The number of para-hydroxylation sites is 2. The summed E-state index contributed by atoms with van der Waals surface area (Å²) >= 11 is 0. The molecule has 0 aliphatic carbocycles. The van der Waals surface area contributed by atoms with Crippen LogP contribution in [0.4, 0.5) is 11.4 Å². The highest BCUT2D eigenvalue weighted by Gasteiger charge is 2.04. The standard InChI is InChI=1S/C21H26N2/c1-14-9-7-10-15(2)20(14)22-18(5)13-19(6)23-21-16(3)11-8-12-17(21)4/h7-13,22-23H,5H2,1-4,6H3/b19-13-. The highest BCUT2D eigenvalue weighted by atomic mass is 14.9. The van der Waals surface area contributed by atoms with Gasteiger partial charge in [-0.2, -0.15) is 0 Å². The van der Waals surface area contributed by atoms with Crippen molar-refractivity contribution in [3.8, 4) is 0 Å². The van der Waals surface area contributed by atoms with Crippen LogP contribution in [0.5, 0.6) is 0 Å². The molecule has 0 atom stereocenters. The Balaban J connectivity index is 2.13. The maximum absolute atomic E-state index is 4.13. The number of hydrogen-bond acceptors (Lipinski definition) is 2. The third kappa shape index (κ3) is 4.26. The molecule has 0 fully saturated rings. The number of allylic oxidation sites excluding steroid dienone is 2. The Morgan fingerprint density at radius 3 is 1.61 bits per heavy atom. The van der Waals surface area contributed by atoms with Crippen molar-refractivity contribution in [3.05, 3.63) is 82.7 Å². The third-order valence-corrected chi connectivity index (χ3v) is 3.96. The lowest BCUT2D eigenvalue weighted by Gasteiger charge is -2.15. The van der Waals surface area contributed by atoms with Gasteiger partial charge in [0.15, 0.2) is 0 Å². The molecule has 2 heteroatoms. The van der Waals surface area contributed by atoms with Gasteiger partial charge in [-0.05, 0) is 62.9 Å². The maximum Gasteiger partial charge on any atom is 0.0443 e. The van der Waals surface area contributed by atoms with Gasteiger partial charge in [-0.25, -0.2) is 0 Å². The molecule has 0 unspecified atom stereocenters. The maximum atomic E-state index is 4.13. The minimum atomic E-state index is 0.874. The molecule has 0 radical (unpaired) electrons. The van der Waals surface area contributed by atoms with E-state index >= 15 is 0 Å². The van der Waals surface area contributed by atoms with Gasteiger partial charge < -0.3 is 10.6 Å². The predicted molar refractivity (Wildman–Crippen MR) is 102 cm³/mol. The van der Waals surface area contributed by atoms with Crippen LogP contribution in [-0.4, -0.2) is 0 Å². The van der Waals surface area contributed by atoms with E-state index in [1.54, 1.807) is 0 Å². The summed E-state index contributed by atoms with van der Waals surface area (Å²) in [6, 6.07) is 12.6. The highest BCUT2D eigenvalue weighted by molar-refractivity contribution is 5.63. The van der Waals surface area contributed by atoms with E-state index in [4.69, 9.17) is 0 Å². The lowest BCUT2D eigenvalue weighted by molar-refractivity contribution is 1.28. The first-order chi connectivity index (χ1) is 10.9. The predicted octanol–water partition coefficient (Wildman–Crippen LogP) is 5.86. The molecule has 0 aliphatic rings. The Morgan fingerprint density at radius 1 is 0.783 bits per heavy atom. The van der Waals surface area contributed by atoms with Gasteiger partial charge in [-0.15, -0.1) is 0 Å². The number of nitrogens with one attached hydrogen (secondary N) is 2. The van der Waals surface area contributed by atoms with Gasteiger partial charge in [0.25, 0.3) is 0 Å². The van der Waals surface area contributed by atoms with Crippen LogP contribution >= 0.6 is 0 Å². The quantitative estimate of drug-likeness (QED) is 0.676. The van der Waals surface area contributed by atoms with Gasteiger partial charge in [0.2, 0.25) is 0 Å². The van der Waals surface area contributed by atoms with Gasteiger partial charge in [0.05, 0.1) is 0 Å². The first-order valence-corrected chi connectivity index (χ1v) is 7.92. The van der Waals surface area contributed by atoms with Gasteiger partial charge >= 0.3 is 0 Å². The van der Waals surface area contributed by atoms with Crippen molar-refractivity contribution in [2.45, 2.75) is 34.6 Å². The van der Waals surface area contributed by atoms with Crippen molar-refractivity contribution < 1.29 is 0 Å². The van der Waals surface area contributed by atoms with Crippen molar-refractivity contribution in [2.75, 3.05) is 10.6 Å². The van der Waals surface area contributed by atoms with Crippen LogP contribution in [-0.2, 0) is 0 Å². The van der Waals surface area contributed by atoms with E-state index in [1.807, 2.05) is 6.08 Å². The van der Waals surface area contributed by atoms with E-state index in [0.29, 0.717) is 0 Å². The van der Waals surface area contributed by atoms with Crippen molar-refractivity contribution in [2.24, 2.45) is 0 Å². The van der Waals surface area contributed by atoms with Crippen molar-refractivity contribution in [3.63, 3.8) is 0 Å². The lowest BCUT2D eigenvalue weighted by Crippen LogP contribution is -2.04. The van der Waals surface area contributed by atoms with E-state index in [-0.39, 0.29) is 0 Å². The number of hydrogen-bond donors (Lipinski definition) is 2. The summed E-state index contributed by atoms with van der Waals surface area (Å²) < 4.78 is 0. The van der Waals surface area contributed by atoms with Crippen molar-refractivity contribution in [1.82, 2.24) is 0 Å². The number of benzene rings is 2. The van der Waals surface area contributed by atoms with Crippen molar-refractivity contribution in [1.29, 1.82) is 0 Å². The second kappa shape index (κ2) is 7.19. The monoisotopic (exact) mass is 306 g/mol. The second-order valence-electron chi connectivity index (χ2n) is 6.14. The molecule has 2 N–H and O–H groups in total. The molecule has 0 saturated heterocycles. The fourth-order valence-corrected chi connectivity index (χ4v) is 2.71. The first kappa shape index (κ1) is 16.9. The molecule has 120 valence electrons. The highest BCUT2D eigenvalue weighted by Crippen LogP contribution is 2.23. The summed E-state index contributed by atoms with van der Waals surface area (Å²) in [5.74, 6) is 0. The van der Waals surface area contributed by atoms with Gasteiger partial charge in [0.1, 0.15) is 0 Å². The van der Waals surface area contributed by atoms with Gasteiger partial charge in [-0.1, -0.05) is 43.0 Å². The van der Waals surface area contributed by atoms with Crippen LogP contribution in [0.1, 0.15) is 29.2 Å². The van der Waals surface area contributed by atoms with E-state index < -0.39 is 0 Å². The van der Waals surface area contributed by atoms with Crippen LogP contribution in [0, 0.1) is 27.7 Å². The van der Waals surface area contributed by atoms with Crippen LogP contribution in [0.2, 0.25) is 0 Å². The molecule has 0 saturated carbocycles. The minimum absolute atomic E-state index is 0.874. The molecule has 0 bridgehead atoms. The molecule has 0 spiro atoms. The number of anilines is 2. The Hall–Kier alpha value is -2.48. The summed E-state index contributed by atoms with van der Waals surface area (Å²) in [6.45, 7) is 14.6. The van der Waals surface area contributed by atoms with E-state index in [0.717, 1.165) is 17.1 Å². The molecule has 0 aliphatic heterocycles. The fraction of sp³-hybridized carbons (Fsp3) is 0.238. The molecule has 0 heterocycles. The lowest BCUT2D eigenvalue weighted by atomic mass is 10.1. The number of rotatable bonds is 5. The molecule has 23 heavy (non-hydrogen) atoms. The Morgan fingerprint density at radius 2 is 1.17 bits per heavy atom. The Kier molecular flexibility index (Phi) is 5.28. The number of aryl methyl sites for hydroxylation is 4. The fourth-order valence-electron chi connectivity index (χ4n) is 2.71. The molecule has 0 aromatic heterocycles. The zero-order valence-electron chi connectivity index (χ0n) is 14.7. The largest absolute Gasteiger partial charge is 0.359 e. The SMILES string of the molecule is C=C(/C=C(/C)Nc1c(C)cccc1C)Nc1c(C)cccc1C. The average Bonchev–Trinajstić information content (AvgIpc) is 2.47. The van der Waals surface area contributed by atoms with Crippen LogP contribution in [0.25, 0.3) is 0 Å². The molecule has 0 amide bonds. The summed E-state index contributed by atoms with van der Waals surface area (Å²) in [7, 11) is 0. The van der Waals surface area contributed by atoms with Gasteiger partial charge in [0, 0.05) is 22.8 Å². The molecule has 2 rings (SSSR count). The molecular weight excluding hydrogens is 280 g/mol. The molecule has 2 nitrogen and oxygen atoms in total. The summed E-state index contributed by atoms with van der Waals surface area (Å²) in [5, 5.41) is 6.90. The summed E-state index contributed by atoms with van der Waals surface area (Å²) in [4.78, 5) is 0. The van der Waals surface area contributed by atoms with E-state index in [9.17, 15) is 0 Å². The zero-order valence-corrected chi connectivity index (χ0v) is 14.7. The van der Waals surface area contributed by atoms with Crippen LogP contribution < -0.4 is 10.6 Å². The first-order valence-electron chi connectivity index (χ1n) is 7.92. The average molecular weight is 306 g/mol. The molecular formula is C21H26N2. The van der Waals surface area contributed by atoms with Gasteiger partial charge in [-0.3, -0.25) is 0 Å². The Labute approximate surface area is 139 Å². The smallest absolute Gasteiger partial charge is 0.0443 e. The topological polar surface area (TPSA) is 24.1 Å². The van der Waals surface area contributed by atoms with Crippen molar-refractivity contribution >= 4 is 11.4 Å². The molecule has 2 aromatic carbocycles. The minimum Gasteiger partial charge on any atom is -0.359 e. The van der Waals surface area contributed by atoms with E-state index in [2.05, 4.69) is 88.2 Å². The zero-order chi connectivity index (χ0) is 17.0.